The normalized spacial score (nSPS) is 10.2. The molecule has 0 radical (unpaired) electrons. The van der Waals surface area contributed by atoms with Crippen molar-refractivity contribution in [3.8, 4) is 0 Å². The van der Waals surface area contributed by atoms with E-state index in [-0.39, 0.29) is 11.6 Å². The lowest BCUT2D eigenvalue weighted by molar-refractivity contribution is 0.0997. The first-order chi connectivity index (χ1) is 8.06. The summed E-state index contributed by atoms with van der Waals surface area (Å²) >= 11 is 11.7. The quantitative estimate of drug-likeness (QED) is 0.879. The molecule has 0 atom stereocenters. The van der Waals surface area contributed by atoms with Crippen LogP contribution in [0.4, 0.5) is 11.6 Å². The van der Waals surface area contributed by atoms with Crippen molar-refractivity contribution >= 4 is 40.7 Å². The van der Waals surface area contributed by atoms with Crippen molar-refractivity contribution in [3.05, 3.63) is 46.1 Å². The number of hydrogen-bond donors (Lipinski definition) is 2. The maximum atomic E-state index is 11.7. The molecule has 0 fully saturated rings. The van der Waals surface area contributed by atoms with E-state index in [0.717, 1.165) is 0 Å². The zero-order valence-corrected chi connectivity index (χ0v) is 10.0. The molecular weight excluding hydrogens is 263 g/mol. The standard InChI is InChI=1S/C11H8Cl2N2O2/c12-6-1-2-7(13)8(5-6)15-11(16)9-3-4-10(14)17-9/h1-5H,14H2,(H,15,16). The summed E-state index contributed by atoms with van der Waals surface area (Å²) in [5.74, 6) is -0.156. The Morgan fingerprint density at radius 2 is 2.00 bits per heavy atom. The van der Waals surface area contributed by atoms with Gasteiger partial charge in [-0.1, -0.05) is 23.2 Å². The molecule has 0 spiro atoms. The highest BCUT2D eigenvalue weighted by Crippen LogP contribution is 2.26. The molecule has 4 nitrogen and oxygen atoms in total. The lowest BCUT2D eigenvalue weighted by Gasteiger charge is -2.05. The molecular formula is C11H8Cl2N2O2. The Bertz CT molecular complexity index is 566. The summed E-state index contributed by atoms with van der Waals surface area (Å²) < 4.78 is 4.98. The number of hydrogen-bond acceptors (Lipinski definition) is 3. The molecule has 1 heterocycles. The number of nitrogens with two attached hydrogens (primary N) is 1. The van der Waals surface area contributed by atoms with Crippen molar-refractivity contribution < 1.29 is 9.21 Å². The number of rotatable bonds is 2. The van der Waals surface area contributed by atoms with Gasteiger partial charge in [-0.25, -0.2) is 0 Å². The van der Waals surface area contributed by atoms with E-state index in [2.05, 4.69) is 5.32 Å². The maximum Gasteiger partial charge on any atom is 0.291 e. The number of carbonyl (C=O) groups excluding carboxylic acids is 1. The van der Waals surface area contributed by atoms with E-state index in [9.17, 15) is 4.79 Å². The molecule has 0 aliphatic rings. The lowest BCUT2D eigenvalue weighted by atomic mass is 10.3. The van der Waals surface area contributed by atoms with Crippen LogP contribution in [0.2, 0.25) is 10.0 Å². The summed E-state index contributed by atoms with van der Waals surface area (Å²) in [7, 11) is 0. The van der Waals surface area contributed by atoms with Gasteiger partial charge in [-0.05, 0) is 24.3 Å². The second-order valence-corrected chi connectivity index (χ2v) is 4.12. The van der Waals surface area contributed by atoms with E-state index in [1.54, 1.807) is 18.2 Å². The largest absolute Gasteiger partial charge is 0.436 e. The van der Waals surface area contributed by atoms with Gasteiger partial charge in [0.2, 0.25) is 0 Å². The van der Waals surface area contributed by atoms with Crippen LogP contribution >= 0.6 is 23.2 Å². The van der Waals surface area contributed by atoms with Gasteiger partial charge in [-0.15, -0.1) is 0 Å². The minimum absolute atomic E-state index is 0.110. The van der Waals surface area contributed by atoms with Crippen LogP contribution < -0.4 is 11.1 Å². The molecule has 0 saturated carbocycles. The van der Waals surface area contributed by atoms with Crippen LogP contribution in [0.1, 0.15) is 10.6 Å². The first-order valence-corrected chi connectivity index (χ1v) is 5.43. The Hall–Kier alpha value is -1.65. The summed E-state index contributed by atoms with van der Waals surface area (Å²) in [5.41, 5.74) is 5.79. The van der Waals surface area contributed by atoms with Gasteiger partial charge in [0.05, 0.1) is 10.7 Å². The fourth-order valence-electron chi connectivity index (χ4n) is 1.25. The minimum Gasteiger partial charge on any atom is -0.436 e. The van der Waals surface area contributed by atoms with Crippen molar-refractivity contribution in [1.29, 1.82) is 0 Å². The first kappa shape index (κ1) is 11.8. The Kier molecular flexibility index (Phi) is 3.26. The Morgan fingerprint density at radius 1 is 1.24 bits per heavy atom. The van der Waals surface area contributed by atoms with E-state index in [1.807, 2.05) is 0 Å². The fraction of sp³-hybridized carbons (Fsp3) is 0. The van der Waals surface area contributed by atoms with E-state index in [0.29, 0.717) is 15.7 Å². The molecule has 1 aromatic carbocycles. The molecule has 0 saturated heterocycles. The highest BCUT2D eigenvalue weighted by Gasteiger charge is 2.12. The maximum absolute atomic E-state index is 11.7. The third-order valence-electron chi connectivity index (χ3n) is 2.03. The van der Waals surface area contributed by atoms with Gasteiger partial charge < -0.3 is 15.5 Å². The topological polar surface area (TPSA) is 68.3 Å². The molecule has 17 heavy (non-hydrogen) atoms. The van der Waals surface area contributed by atoms with E-state index in [4.69, 9.17) is 33.4 Å². The van der Waals surface area contributed by atoms with Crippen LogP contribution in [0.5, 0.6) is 0 Å². The van der Waals surface area contributed by atoms with E-state index >= 15 is 0 Å². The van der Waals surface area contributed by atoms with Crippen molar-refractivity contribution in [3.63, 3.8) is 0 Å². The van der Waals surface area contributed by atoms with Gasteiger partial charge in [-0.2, -0.15) is 0 Å². The molecule has 2 rings (SSSR count). The fourth-order valence-corrected chi connectivity index (χ4v) is 1.59. The number of nitrogens with one attached hydrogen (secondary N) is 1. The van der Waals surface area contributed by atoms with Crippen LogP contribution in [0.15, 0.2) is 34.7 Å². The van der Waals surface area contributed by atoms with Crippen LogP contribution in [0, 0.1) is 0 Å². The summed E-state index contributed by atoms with van der Waals surface area (Å²) in [6.45, 7) is 0. The molecule has 88 valence electrons. The number of halogens is 2. The van der Waals surface area contributed by atoms with Crippen LogP contribution in [0.25, 0.3) is 0 Å². The van der Waals surface area contributed by atoms with Crippen molar-refractivity contribution in [2.45, 2.75) is 0 Å². The van der Waals surface area contributed by atoms with Gasteiger partial charge in [0.1, 0.15) is 0 Å². The highest BCUT2D eigenvalue weighted by molar-refractivity contribution is 6.35. The van der Waals surface area contributed by atoms with Gasteiger partial charge >= 0.3 is 0 Å². The molecule has 3 N–H and O–H groups in total. The molecule has 0 aliphatic heterocycles. The average molecular weight is 271 g/mol. The summed E-state index contributed by atoms with van der Waals surface area (Å²) in [6, 6.07) is 7.74. The molecule has 2 aromatic rings. The summed E-state index contributed by atoms with van der Waals surface area (Å²) in [6.07, 6.45) is 0. The second kappa shape index (κ2) is 4.69. The Labute approximate surface area is 107 Å². The predicted octanol–water partition coefficient (Wildman–Crippen LogP) is 3.42. The molecule has 1 amide bonds. The monoisotopic (exact) mass is 270 g/mol. The van der Waals surface area contributed by atoms with Crippen molar-refractivity contribution in [2.24, 2.45) is 0 Å². The number of anilines is 2. The zero-order chi connectivity index (χ0) is 12.4. The van der Waals surface area contributed by atoms with E-state index in [1.165, 1.54) is 12.1 Å². The van der Waals surface area contributed by atoms with Crippen molar-refractivity contribution in [1.82, 2.24) is 0 Å². The molecule has 0 bridgehead atoms. The van der Waals surface area contributed by atoms with E-state index < -0.39 is 5.91 Å². The number of benzene rings is 1. The summed E-state index contributed by atoms with van der Waals surface area (Å²) in [5, 5.41) is 3.44. The number of carbonyl (C=O) groups is 1. The van der Waals surface area contributed by atoms with Gasteiger partial charge in [0.25, 0.3) is 5.91 Å². The number of nitrogen functional groups attached to an aromatic ring is 1. The minimum atomic E-state index is -0.439. The molecule has 1 aromatic heterocycles. The first-order valence-electron chi connectivity index (χ1n) is 4.68. The van der Waals surface area contributed by atoms with Gasteiger partial charge in [-0.3, -0.25) is 4.79 Å². The Morgan fingerprint density at radius 3 is 2.65 bits per heavy atom. The number of amides is 1. The van der Waals surface area contributed by atoms with Crippen molar-refractivity contribution in [2.75, 3.05) is 11.1 Å². The van der Waals surface area contributed by atoms with Crippen LogP contribution in [-0.4, -0.2) is 5.91 Å². The van der Waals surface area contributed by atoms with Crippen LogP contribution in [-0.2, 0) is 0 Å². The molecule has 0 aliphatic carbocycles. The van der Waals surface area contributed by atoms with Gasteiger partial charge in [0.15, 0.2) is 11.6 Å². The predicted molar refractivity (Wildman–Crippen MR) is 67.5 cm³/mol. The third-order valence-corrected chi connectivity index (χ3v) is 2.59. The third kappa shape index (κ3) is 2.72. The van der Waals surface area contributed by atoms with Crippen LogP contribution in [0.3, 0.4) is 0 Å². The smallest absolute Gasteiger partial charge is 0.291 e. The second-order valence-electron chi connectivity index (χ2n) is 3.28. The highest BCUT2D eigenvalue weighted by atomic mass is 35.5. The average Bonchev–Trinajstić information content (AvgIpc) is 2.70. The number of furan rings is 1. The lowest BCUT2D eigenvalue weighted by Crippen LogP contribution is -2.11. The molecule has 6 heteroatoms. The molecule has 0 unspecified atom stereocenters. The SMILES string of the molecule is Nc1ccc(C(=O)Nc2cc(Cl)ccc2Cl)o1. The zero-order valence-electron chi connectivity index (χ0n) is 8.54. The summed E-state index contributed by atoms with van der Waals surface area (Å²) in [4.78, 5) is 11.7. The van der Waals surface area contributed by atoms with Gasteiger partial charge in [0, 0.05) is 11.1 Å². The Balaban J connectivity index is 2.21.